The Morgan fingerprint density at radius 1 is 1.22 bits per heavy atom. The van der Waals surface area contributed by atoms with Crippen molar-refractivity contribution in [1.82, 2.24) is 19.7 Å². The fraction of sp³-hybridized carbons (Fsp3) is 0.0625. The largest absolute Gasteiger partial charge is 0.481 e. The maximum absolute atomic E-state index is 12.7. The molecule has 0 bridgehead atoms. The normalized spacial score (nSPS) is 13.7. The van der Waals surface area contributed by atoms with E-state index in [2.05, 4.69) is 15.1 Å². The Labute approximate surface area is 139 Å². The van der Waals surface area contributed by atoms with Crippen molar-refractivity contribution in [2.24, 2.45) is 0 Å². The molecule has 4 aromatic rings. The summed E-state index contributed by atoms with van der Waals surface area (Å²) < 4.78 is 27.3. The van der Waals surface area contributed by atoms with Crippen molar-refractivity contribution in [3.05, 3.63) is 58.1 Å². The molecule has 0 aliphatic carbocycles. The summed E-state index contributed by atoms with van der Waals surface area (Å²) >= 11 is 6.06. The van der Waals surface area contributed by atoms with E-state index in [0.717, 1.165) is 5.39 Å². The number of nitrogens with one attached hydrogen (secondary N) is 1. The van der Waals surface area contributed by atoms with E-state index in [9.17, 15) is 4.79 Å². The van der Waals surface area contributed by atoms with E-state index in [1.54, 1.807) is 18.2 Å². The molecule has 0 unspecified atom stereocenters. The summed E-state index contributed by atoms with van der Waals surface area (Å²) in [7, 11) is -2.59. The van der Waals surface area contributed by atoms with Gasteiger partial charge in [0.15, 0.2) is 0 Å². The van der Waals surface area contributed by atoms with Crippen LogP contribution in [0.15, 0.2) is 47.5 Å². The molecule has 0 aliphatic heterocycles. The van der Waals surface area contributed by atoms with Gasteiger partial charge in [-0.1, -0.05) is 11.6 Å². The first-order valence-corrected chi connectivity index (χ1v) is 7.04. The van der Waals surface area contributed by atoms with Gasteiger partial charge in [0.05, 0.1) is 39.5 Å². The van der Waals surface area contributed by atoms with E-state index in [1.807, 2.05) is 0 Å². The minimum Gasteiger partial charge on any atom is -0.481 e. The number of rotatable bonds is 2. The predicted octanol–water partition coefficient (Wildman–Crippen LogP) is 2.92. The molecule has 0 spiro atoms. The topological polar surface area (TPSA) is 72.8 Å². The highest BCUT2D eigenvalue weighted by Gasteiger charge is 2.12. The lowest BCUT2D eigenvalue weighted by atomic mass is 10.2. The van der Waals surface area contributed by atoms with Gasteiger partial charge in [-0.05, 0) is 24.3 Å². The highest BCUT2D eigenvalue weighted by atomic mass is 35.5. The molecule has 0 saturated heterocycles. The highest BCUT2D eigenvalue weighted by Crippen LogP contribution is 2.24. The van der Waals surface area contributed by atoms with Crippen LogP contribution < -0.4 is 10.3 Å². The Kier molecular flexibility index (Phi) is 2.39. The number of halogens is 1. The molecule has 23 heavy (non-hydrogen) atoms. The van der Waals surface area contributed by atoms with E-state index in [1.165, 1.54) is 29.2 Å². The van der Waals surface area contributed by atoms with Gasteiger partial charge in [0.2, 0.25) is 5.88 Å². The van der Waals surface area contributed by atoms with Crippen LogP contribution in [0.3, 0.4) is 0 Å². The van der Waals surface area contributed by atoms with E-state index in [0.29, 0.717) is 27.1 Å². The molecule has 3 aromatic heterocycles. The van der Waals surface area contributed by atoms with E-state index < -0.39 is 7.04 Å². The summed E-state index contributed by atoms with van der Waals surface area (Å²) in [6.07, 6.45) is 2.85. The predicted molar refractivity (Wildman–Crippen MR) is 88.6 cm³/mol. The Balaban J connectivity index is 1.84. The van der Waals surface area contributed by atoms with Crippen LogP contribution in [-0.4, -0.2) is 26.8 Å². The number of aromatic amines is 1. The summed E-state index contributed by atoms with van der Waals surface area (Å²) in [5, 5.41) is 4.70. The van der Waals surface area contributed by atoms with Crippen molar-refractivity contribution in [2.45, 2.75) is 0 Å². The second-order valence-electron chi connectivity index (χ2n) is 4.92. The van der Waals surface area contributed by atoms with Gasteiger partial charge in [-0.15, -0.1) is 0 Å². The maximum atomic E-state index is 12.7. The Hall–Kier alpha value is -2.86. The summed E-state index contributed by atoms with van der Waals surface area (Å²) in [5.74, 6) is -0.0585. The second kappa shape index (κ2) is 5.10. The average molecular weight is 330 g/mol. The molecule has 4 rings (SSSR count). The van der Waals surface area contributed by atoms with Crippen LogP contribution in [0.4, 0.5) is 0 Å². The number of ether oxygens (including phenoxy) is 1. The SMILES string of the molecule is [2H]C([2H])([2H])Oc1ccc(-n2[nH]c3c(cnc4ccc(Cl)cc43)c2=O)cn1. The number of benzene rings is 1. The second-order valence-corrected chi connectivity index (χ2v) is 5.35. The van der Waals surface area contributed by atoms with Gasteiger partial charge in [0.1, 0.15) is 0 Å². The number of hydrogen-bond donors (Lipinski definition) is 1. The maximum Gasteiger partial charge on any atom is 0.280 e. The van der Waals surface area contributed by atoms with Crippen molar-refractivity contribution in [2.75, 3.05) is 7.04 Å². The van der Waals surface area contributed by atoms with Crippen LogP contribution in [0.5, 0.6) is 5.88 Å². The number of hydrogen-bond acceptors (Lipinski definition) is 4. The Morgan fingerprint density at radius 3 is 2.91 bits per heavy atom. The zero-order chi connectivity index (χ0) is 18.5. The van der Waals surface area contributed by atoms with Crippen LogP contribution in [-0.2, 0) is 0 Å². The molecule has 0 amide bonds. The average Bonchev–Trinajstić information content (AvgIpc) is 2.92. The fourth-order valence-electron chi connectivity index (χ4n) is 2.48. The third-order valence-corrected chi connectivity index (χ3v) is 3.81. The minimum absolute atomic E-state index is 0.0585. The summed E-state index contributed by atoms with van der Waals surface area (Å²) in [4.78, 5) is 20.9. The summed E-state index contributed by atoms with van der Waals surface area (Å²) in [6, 6.07) is 8.15. The molecule has 0 atom stereocenters. The number of H-pyrrole nitrogens is 1. The first kappa shape index (κ1) is 10.8. The monoisotopic (exact) mass is 329 g/mol. The molecule has 0 fully saturated rings. The Morgan fingerprint density at radius 2 is 2.13 bits per heavy atom. The number of fused-ring (bicyclic) bond motifs is 3. The molecule has 0 radical (unpaired) electrons. The van der Waals surface area contributed by atoms with E-state index in [4.69, 9.17) is 20.5 Å². The van der Waals surface area contributed by atoms with Crippen LogP contribution in [0.2, 0.25) is 5.02 Å². The van der Waals surface area contributed by atoms with Gasteiger partial charge in [0, 0.05) is 22.7 Å². The van der Waals surface area contributed by atoms with Gasteiger partial charge in [-0.2, -0.15) is 0 Å². The van der Waals surface area contributed by atoms with Crippen molar-refractivity contribution in [3.63, 3.8) is 0 Å². The lowest BCUT2D eigenvalue weighted by Gasteiger charge is -2.02. The quantitative estimate of drug-likeness (QED) is 0.613. The molecular weight excluding hydrogens is 316 g/mol. The lowest BCUT2D eigenvalue weighted by molar-refractivity contribution is 0.397. The van der Waals surface area contributed by atoms with E-state index >= 15 is 0 Å². The van der Waals surface area contributed by atoms with Crippen LogP contribution in [0.1, 0.15) is 4.11 Å². The molecular formula is C16H11ClN4O2. The first-order valence-electron chi connectivity index (χ1n) is 8.16. The Bertz CT molecular complexity index is 1180. The molecule has 0 aliphatic rings. The van der Waals surface area contributed by atoms with E-state index in [-0.39, 0.29) is 11.4 Å². The molecule has 1 aromatic carbocycles. The van der Waals surface area contributed by atoms with Gasteiger partial charge < -0.3 is 4.74 Å². The zero-order valence-corrected chi connectivity index (χ0v) is 12.3. The highest BCUT2D eigenvalue weighted by molar-refractivity contribution is 6.31. The lowest BCUT2D eigenvalue weighted by Crippen LogP contribution is -2.14. The first-order chi connectivity index (χ1) is 12.3. The minimum atomic E-state index is -2.59. The third-order valence-electron chi connectivity index (χ3n) is 3.57. The van der Waals surface area contributed by atoms with Gasteiger partial charge in [-0.3, -0.25) is 14.9 Å². The number of methoxy groups -OCH3 is 1. The molecule has 0 saturated carbocycles. The zero-order valence-electron chi connectivity index (χ0n) is 14.6. The van der Waals surface area contributed by atoms with Gasteiger partial charge >= 0.3 is 0 Å². The van der Waals surface area contributed by atoms with Crippen molar-refractivity contribution in [3.8, 4) is 11.6 Å². The molecule has 6 nitrogen and oxygen atoms in total. The molecule has 3 heterocycles. The molecule has 7 heteroatoms. The van der Waals surface area contributed by atoms with Crippen LogP contribution in [0, 0.1) is 0 Å². The third kappa shape index (κ3) is 2.15. The van der Waals surface area contributed by atoms with Crippen molar-refractivity contribution in [1.29, 1.82) is 0 Å². The number of nitrogens with zero attached hydrogens (tertiary/aromatic N) is 3. The fourth-order valence-corrected chi connectivity index (χ4v) is 2.65. The molecule has 1 N–H and O–H groups in total. The van der Waals surface area contributed by atoms with Crippen LogP contribution in [0.25, 0.3) is 27.5 Å². The number of pyridine rings is 2. The van der Waals surface area contributed by atoms with Gasteiger partial charge in [0.25, 0.3) is 5.56 Å². The number of aromatic nitrogens is 4. The van der Waals surface area contributed by atoms with Crippen molar-refractivity contribution < 1.29 is 8.85 Å². The standard InChI is InChI=1S/C16H11ClN4O2/c1-23-14-5-3-10(7-19-14)21-16(22)12-8-18-13-4-2-9(17)6-11(13)15(12)20-21/h2-8,20H,1H3/i1D3. The van der Waals surface area contributed by atoms with Crippen LogP contribution >= 0.6 is 11.6 Å². The summed E-state index contributed by atoms with van der Waals surface area (Å²) in [5.41, 5.74) is 1.43. The van der Waals surface area contributed by atoms with Gasteiger partial charge in [-0.25, -0.2) is 9.67 Å². The smallest absolute Gasteiger partial charge is 0.280 e. The van der Waals surface area contributed by atoms with Crippen molar-refractivity contribution >= 4 is 33.4 Å². The molecule has 114 valence electrons. The summed E-state index contributed by atoms with van der Waals surface area (Å²) in [6.45, 7) is 0.